The first-order chi connectivity index (χ1) is 28.3. The van der Waals surface area contributed by atoms with Crippen LogP contribution in [-0.4, -0.2) is 24.1 Å². The smallest absolute Gasteiger partial charge is 0.238 e. The van der Waals surface area contributed by atoms with Crippen LogP contribution >= 0.6 is 0 Å². The van der Waals surface area contributed by atoms with Crippen LogP contribution in [0.25, 0.3) is 111 Å². The average Bonchev–Trinajstić information content (AvgIpc) is 3.94. The fraction of sp³-hybridized carbons (Fsp3) is 0. The highest BCUT2D eigenvalue weighted by Crippen LogP contribution is 2.40. The molecule has 0 spiro atoms. The highest BCUT2D eigenvalue weighted by atomic mass is 16.3. The van der Waals surface area contributed by atoms with E-state index in [9.17, 15) is 0 Å². The molecule has 8 aromatic carbocycles. The standard InChI is InChI=1S/C51H31N5O/c1-2-15-32(16-3-1)33-29-30-46-40(31-33)48-39(22-14-28-47(48)57-46)50-52-49(53-51(54-50)56-43-25-11-6-19-36(43)37-20-7-12-26-44(37)56)38-21-8-13-27-45(38)55-41-23-9-4-17-34(41)35-18-5-10-24-42(35)55/h1-31H. The van der Waals surface area contributed by atoms with Crippen LogP contribution in [0.4, 0.5) is 0 Å². The third kappa shape index (κ3) is 4.81. The Morgan fingerprint density at radius 3 is 1.53 bits per heavy atom. The minimum atomic E-state index is 0.541. The van der Waals surface area contributed by atoms with Gasteiger partial charge < -0.3 is 8.98 Å². The second kappa shape index (κ2) is 12.3. The number of fused-ring (bicyclic) bond motifs is 9. The van der Waals surface area contributed by atoms with Gasteiger partial charge in [-0.05, 0) is 65.7 Å². The van der Waals surface area contributed by atoms with Gasteiger partial charge in [0.25, 0.3) is 0 Å². The zero-order valence-electron chi connectivity index (χ0n) is 30.5. The molecular formula is C51H31N5O. The molecule has 0 fully saturated rings. The molecule has 0 saturated heterocycles. The second-order valence-electron chi connectivity index (χ2n) is 14.4. The Balaban J connectivity index is 1.17. The van der Waals surface area contributed by atoms with Crippen molar-refractivity contribution >= 4 is 65.6 Å². The summed E-state index contributed by atoms with van der Waals surface area (Å²) in [4.78, 5) is 16.2. The number of rotatable bonds is 5. The maximum atomic E-state index is 6.51. The van der Waals surface area contributed by atoms with Gasteiger partial charge in [-0.15, -0.1) is 0 Å². The fourth-order valence-corrected chi connectivity index (χ4v) is 8.71. The van der Waals surface area contributed by atoms with Crippen molar-refractivity contribution in [1.29, 1.82) is 0 Å². The molecular weight excluding hydrogens is 699 g/mol. The molecule has 6 nitrogen and oxygen atoms in total. The Labute approximate surface area is 326 Å². The van der Waals surface area contributed by atoms with Crippen molar-refractivity contribution in [1.82, 2.24) is 24.1 Å². The summed E-state index contributed by atoms with van der Waals surface area (Å²) in [6.07, 6.45) is 0. The van der Waals surface area contributed by atoms with E-state index in [-0.39, 0.29) is 0 Å². The summed E-state index contributed by atoms with van der Waals surface area (Å²) in [6.45, 7) is 0. The van der Waals surface area contributed by atoms with E-state index in [1.54, 1.807) is 0 Å². The van der Waals surface area contributed by atoms with Crippen molar-refractivity contribution in [2.75, 3.05) is 0 Å². The van der Waals surface area contributed by atoms with Gasteiger partial charge in [-0.25, -0.2) is 4.98 Å². The lowest BCUT2D eigenvalue weighted by molar-refractivity contribution is 0.669. The van der Waals surface area contributed by atoms with E-state index in [1.807, 2.05) is 18.2 Å². The first-order valence-electron chi connectivity index (χ1n) is 19.1. The molecule has 0 aliphatic heterocycles. The highest BCUT2D eigenvalue weighted by molar-refractivity contribution is 6.13. The van der Waals surface area contributed by atoms with E-state index in [0.717, 1.165) is 82.7 Å². The lowest BCUT2D eigenvalue weighted by atomic mass is 10.0. The molecule has 0 atom stereocenters. The summed E-state index contributed by atoms with van der Waals surface area (Å²) >= 11 is 0. The normalized spacial score (nSPS) is 11.9. The molecule has 0 aliphatic rings. The Morgan fingerprint density at radius 1 is 0.351 bits per heavy atom. The summed E-state index contributed by atoms with van der Waals surface area (Å²) in [5.74, 6) is 1.68. The molecule has 266 valence electrons. The van der Waals surface area contributed by atoms with Crippen LogP contribution in [0, 0.1) is 0 Å². The van der Waals surface area contributed by atoms with Gasteiger partial charge in [-0.2, -0.15) is 9.97 Å². The van der Waals surface area contributed by atoms with Crippen molar-refractivity contribution in [3.63, 3.8) is 0 Å². The van der Waals surface area contributed by atoms with E-state index in [2.05, 4.69) is 179 Å². The summed E-state index contributed by atoms with van der Waals surface area (Å²) in [5.41, 5.74) is 10.9. The SMILES string of the molecule is c1ccc(-c2ccc3oc4cccc(-c5nc(-c6ccccc6-n6c7ccccc7c7ccccc76)nc(-n6c7ccccc7c7ccccc76)n5)c4c3c2)cc1. The Morgan fingerprint density at radius 2 is 0.877 bits per heavy atom. The first kappa shape index (κ1) is 31.5. The average molecular weight is 730 g/mol. The molecule has 0 bridgehead atoms. The van der Waals surface area contributed by atoms with Gasteiger partial charge in [0.1, 0.15) is 11.2 Å². The molecule has 6 heteroatoms. The van der Waals surface area contributed by atoms with Crippen LogP contribution in [0.2, 0.25) is 0 Å². The lowest BCUT2D eigenvalue weighted by Crippen LogP contribution is -2.08. The van der Waals surface area contributed by atoms with E-state index >= 15 is 0 Å². The number of benzene rings is 8. The van der Waals surface area contributed by atoms with Gasteiger partial charge in [-0.3, -0.25) is 4.57 Å². The maximum absolute atomic E-state index is 6.51. The molecule has 0 unspecified atom stereocenters. The number of aromatic nitrogens is 5. The maximum Gasteiger partial charge on any atom is 0.238 e. The van der Waals surface area contributed by atoms with Crippen LogP contribution < -0.4 is 0 Å². The van der Waals surface area contributed by atoms with Crippen LogP contribution in [0.5, 0.6) is 0 Å². The molecule has 4 aromatic heterocycles. The van der Waals surface area contributed by atoms with Crippen LogP contribution in [0.15, 0.2) is 192 Å². The Hall–Kier alpha value is -7.83. The molecule has 57 heavy (non-hydrogen) atoms. The third-order valence-electron chi connectivity index (χ3n) is 11.2. The summed E-state index contributed by atoms with van der Waals surface area (Å²) in [7, 11) is 0. The number of para-hydroxylation sites is 5. The van der Waals surface area contributed by atoms with Crippen molar-refractivity contribution < 1.29 is 4.42 Å². The number of furan rings is 1. The van der Waals surface area contributed by atoms with Crippen molar-refractivity contribution in [3.05, 3.63) is 188 Å². The zero-order chi connectivity index (χ0) is 37.5. The van der Waals surface area contributed by atoms with Crippen molar-refractivity contribution in [2.45, 2.75) is 0 Å². The largest absolute Gasteiger partial charge is 0.456 e. The predicted molar refractivity (Wildman–Crippen MR) is 232 cm³/mol. The zero-order valence-corrected chi connectivity index (χ0v) is 30.5. The second-order valence-corrected chi connectivity index (χ2v) is 14.4. The number of hydrogen-bond acceptors (Lipinski definition) is 4. The van der Waals surface area contributed by atoms with Crippen molar-refractivity contribution in [2.24, 2.45) is 0 Å². The Bertz CT molecular complexity index is 3430. The Kier molecular flexibility index (Phi) is 6.83. The molecule has 4 heterocycles. The quantitative estimate of drug-likeness (QED) is 0.177. The topological polar surface area (TPSA) is 61.7 Å². The number of nitrogens with zero attached hydrogens (tertiary/aromatic N) is 5. The molecule has 0 N–H and O–H groups in total. The molecule has 12 aromatic rings. The van der Waals surface area contributed by atoms with Gasteiger partial charge in [0.05, 0.1) is 27.8 Å². The minimum Gasteiger partial charge on any atom is -0.456 e. The van der Waals surface area contributed by atoms with E-state index in [0.29, 0.717) is 17.6 Å². The van der Waals surface area contributed by atoms with Gasteiger partial charge in [0, 0.05) is 43.4 Å². The molecule has 0 saturated carbocycles. The number of hydrogen-bond donors (Lipinski definition) is 0. The van der Waals surface area contributed by atoms with Crippen LogP contribution in [0.3, 0.4) is 0 Å². The lowest BCUT2D eigenvalue weighted by Gasteiger charge is -2.15. The fourth-order valence-electron chi connectivity index (χ4n) is 8.71. The van der Waals surface area contributed by atoms with Gasteiger partial charge >= 0.3 is 0 Å². The molecule has 12 rings (SSSR count). The van der Waals surface area contributed by atoms with Gasteiger partial charge in [0.2, 0.25) is 5.95 Å². The van der Waals surface area contributed by atoms with Crippen LogP contribution in [0.1, 0.15) is 0 Å². The summed E-state index contributed by atoms with van der Waals surface area (Å²) in [5, 5.41) is 6.63. The predicted octanol–water partition coefficient (Wildman–Crippen LogP) is 13.0. The molecule has 0 aliphatic carbocycles. The third-order valence-corrected chi connectivity index (χ3v) is 11.2. The molecule has 0 amide bonds. The van der Waals surface area contributed by atoms with Crippen molar-refractivity contribution in [3.8, 4) is 45.5 Å². The van der Waals surface area contributed by atoms with Crippen LogP contribution in [-0.2, 0) is 0 Å². The van der Waals surface area contributed by atoms with Gasteiger partial charge in [0.15, 0.2) is 11.6 Å². The van der Waals surface area contributed by atoms with E-state index < -0.39 is 0 Å². The highest BCUT2D eigenvalue weighted by Gasteiger charge is 2.23. The van der Waals surface area contributed by atoms with E-state index in [4.69, 9.17) is 19.4 Å². The summed E-state index contributed by atoms with van der Waals surface area (Å²) in [6, 6.07) is 65.5. The van der Waals surface area contributed by atoms with Gasteiger partial charge in [-0.1, -0.05) is 133 Å². The van der Waals surface area contributed by atoms with E-state index in [1.165, 1.54) is 10.8 Å². The first-order valence-corrected chi connectivity index (χ1v) is 19.1. The molecule has 0 radical (unpaired) electrons. The summed E-state index contributed by atoms with van der Waals surface area (Å²) < 4.78 is 11.0. The monoisotopic (exact) mass is 729 g/mol. The minimum absolute atomic E-state index is 0.541.